The molecule has 0 aromatic heterocycles. The van der Waals surface area contributed by atoms with E-state index in [-0.39, 0.29) is 0 Å². The molecule has 0 saturated carbocycles. The van der Waals surface area contributed by atoms with E-state index in [9.17, 15) is 4.79 Å². The molecule has 0 heterocycles. The summed E-state index contributed by atoms with van der Waals surface area (Å²) in [5, 5.41) is 0. The van der Waals surface area contributed by atoms with Crippen LogP contribution in [0.3, 0.4) is 0 Å². The largest absolute Gasteiger partial charge is 0.503 e. The molecule has 0 aliphatic heterocycles. The molecular formula is C19H32O5Si. The van der Waals surface area contributed by atoms with Gasteiger partial charge in [-0.25, -0.2) is 4.79 Å². The Morgan fingerprint density at radius 2 is 1.56 bits per heavy atom. The van der Waals surface area contributed by atoms with Gasteiger partial charge in [-0.3, -0.25) is 0 Å². The smallest absolute Gasteiger partial charge is 0.433 e. The molecule has 25 heavy (non-hydrogen) atoms. The van der Waals surface area contributed by atoms with Crippen LogP contribution in [0, 0.1) is 0 Å². The fraction of sp³-hybridized carbons (Fsp3) is 0.632. The molecule has 1 atom stereocenters. The van der Waals surface area contributed by atoms with Crippen LogP contribution in [0.15, 0.2) is 30.3 Å². The molecule has 0 N–H and O–H groups in total. The summed E-state index contributed by atoms with van der Waals surface area (Å²) in [5.74, 6) is -0.391. The van der Waals surface area contributed by atoms with E-state index in [4.69, 9.17) is 18.0 Å². The third-order valence-corrected chi connectivity index (χ3v) is 6.52. The Bertz CT molecular complexity index is 472. The first-order valence-electron chi connectivity index (χ1n) is 9.32. The van der Waals surface area contributed by atoms with E-state index >= 15 is 0 Å². The molecule has 0 aliphatic rings. The third kappa shape index (κ3) is 7.69. The van der Waals surface area contributed by atoms with Crippen LogP contribution in [0.25, 0.3) is 0 Å². The van der Waals surface area contributed by atoms with Crippen molar-refractivity contribution in [3.05, 3.63) is 35.9 Å². The summed E-state index contributed by atoms with van der Waals surface area (Å²) in [6.45, 7) is 9.27. The SMILES string of the molecule is CCCO[Si](CCC)(OCCC)OC(CC)OC(=O)c1ccccc1. The molecule has 6 heteroatoms. The number of carbonyl (C=O) groups is 1. The summed E-state index contributed by atoms with van der Waals surface area (Å²) >= 11 is 0. The molecule has 0 amide bonds. The minimum absolute atomic E-state index is 0.391. The molecule has 0 aliphatic carbocycles. The Balaban J connectivity index is 2.83. The number of carbonyl (C=O) groups excluding carboxylic acids is 1. The number of benzene rings is 1. The van der Waals surface area contributed by atoms with Crippen LogP contribution in [0.4, 0.5) is 0 Å². The van der Waals surface area contributed by atoms with Gasteiger partial charge < -0.3 is 18.0 Å². The minimum atomic E-state index is -2.87. The molecule has 1 rings (SSSR count). The van der Waals surface area contributed by atoms with Gasteiger partial charge in [0, 0.05) is 25.7 Å². The van der Waals surface area contributed by atoms with Crippen molar-refractivity contribution in [1.29, 1.82) is 0 Å². The van der Waals surface area contributed by atoms with Gasteiger partial charge >= 0.3 is 14.8 Å². The fourth-order valence-electron chi connectivity index (χ4n) is 2.29. The normalized spacial score (nSPS) is 12.8. The van der Waals surface area contributed by atoms with Crippen LogP contribution in [-0.4, -0.2) is 34.3 Å². The van der Waals surface area contributed by atoms with Crippen LogP contribution in [0.2, 0.25) is 6.04 Å². The Morgan fingerprint density at radius 3 is 2.04 bits per heavy atom. The maximum Gasteiger partial charge on any atom is 0.503 e. The lowest BCUT2D eigenvalue weighted by molar-refractivity contribution is -0.0919. The van der Waals surface area contributed by atoms with Crippen LogP contribution in [0.1, 0.15) is 63.7 Å². The lowest BCUT2D eigenvalue weighted by Gasteiger charge is -2.32. The molecule has 0 fully saturated rings. The van der Waals surface area contributed by atoms with Gasteiger partial charge in [-0.15, -0.1) is 0 Å². The molecule has 1 aromatic carbocycles. The van der Waals surface area contributed by atoms with Gasteiger partial charge in [0.1, 0.15) is 0 Å². The minimum Gasteiger partial charge on any atom is -0.433 e. The van der Waals surface area contributed by atoms with Crippen molar-refractivity contribution in [2.75, 3.05) is 13.2 Å². The first-order chi connectivity index (χ1) is 12.1. The number of esters is 1. The molecule has 0 bridgehead atoms. The lowest BCUT2D eigenvalue weighted by atomic mass is 10.2. The monoisotopic (exact) mass is 368 g/mol. The zero-order chi connectivity index (χ0) is 18.5. The summed E-state index contributed by atoms with van der Waals surface area (Å²) in [6, 6.07) is 9.65. The van der Waals surface area contributed by atoms with Crippen LogP contribution in [-0.2, 0) is 18.0 Å². The Hall–Kier alpha value is -1.21. The molecule has 0 spiro atoms. The fourth-order valence-corrected chi connectivity index (χ4v) is 5.17. The van der Waals surface area contributed by atoms with E-state index in [1.165, 1.54) is 0 Å². The average Bonchev–Trinajstić information content (AvgIpc) is 2.65. The van der Waals surface area contributed by atoms with Gasteiger partial charge in [0.25, 0.3) is 0 Å². The second kappa shape index (κ2) is 12.2. The predicted octanol–water partition coefficient (Wildman–Crippen LogP) is 4.80. The van der Waals surface area contributed by atoms with Crippen molar-refractivity contribution < 1.29 is 22.8 Å². The van der Waals surface area contributed by atoms with Gasteiger partial charge in [0.15, 0.2) is 6.29 Å². The lowest BCUT2D eigenvalue weighted by Crippen LogP contribution is -2.49. The summed E-state index contributed by atoms with van der Waals surface area (Å²) in [4.78, 5) is 12.3. The highest BCUT2D eigenvalue weighted by Crippen LogP contribution is 2.23. The van der Waals surface area contributed by atoms with Gasteiger partial charge in [-0.2, -0.15) is 0 Å². The van der Waals surface area contributed by atoms with Crippen molar-refractivity contribution in [3.63, 3.8) is 0 Å². The van der Waals surface area contributed by atoms with Crippen molar-refractivity contribution in [1.82, 2.24) is 0 Å². The Morgan fingerprint density at radius 1 is 0.960 bits per heavy atom. The van der Waals surface area contributed by atoms with Gasteiger partial charge in [0.2, 0.25) is 0 Å². The van der Waals surface area contributed by atoms with Crippen LogP contribution >= 0.6 is 0 Å². The molecule has 1 aromatic rings. The quantitative estimate of drug-likeness (QED) is 0.284. The van der Waals surface area contributed by atoms with E-state index in [0.29, 0.717) is 31.2 Å². The van der Waals surface area contributed by atoms with E-state index in [1.807, 2.05) is 25.1 Å². The summed E-state index contributed by atoms with van der Waals surface area (Å²) < 4.78 is 23.8. The second-order valence-corrected chi connectivity index (χ2v) is 8.54. The zero-order valence-corrected chi connectivity index (χ0v) is 17.0. The number of rotatable bonds is 13. The highest BCUT2D eigenvalue weighted by atomic mass is 28.4. The van der Waals surface area contributed by atoms with E-state index in [2.05, 4.69) is 20.8 Å². The second-order valence-electron chi connectivity index (χ2n) is 5.86. The zero-order valence-electron chi connectivity index (χ0n) is 16.0. The maximum absolute atomic E-state index is 12.3. The highest BCUT2D eigenvalue weighted by Gasteiger charge is 2.43. The number of hydrogen-bond donors (Lipinski definition) is 0. The first-order valence-corrected chi connectivity index (χ1v) is 11.3. The maximum atomic E-state index is 12.3. The molecule has 5 nitrogen and oxygen atoms in total. The highest BCUT2D eigenvalue weighted by molar-refractivity contribution is 6.60. The Kier molecular flexibility index (Phi) is 10.6. The first kappa shape index (κ1) is 21.8. The topological polar surface area (TPSA) is 54.0 Å². The summed E-state index contributed by atoms with van der Waals surface area (Å²) in [6.07, 6.45) is 2.54. The van der Waals surface area contributed by atoms with E-state index in [0.717, 1.165) is 19.3 Å². The van der Waals surface area contributed by atoms with Gasteiger partial charge in [-0.05, 0) is 25.0 Å². The average molecular weight is 369 g/mol. The molecule has 0 radical (unpaired) electrons. The van der Waals surface area contributed by atoms with Crippen molar-refractivity contribution in [2.45, 2.75) is 65.7 Å². The van der Waals surface area contributed by atoms with E-state index in [1.54, 1.807) is 12.1 Å². The van der Waals surface area contributed by atoms with Crippen molar-refractivity contribution in [2.24, 2.45) is 0 Å². The predicted molar refractivity (Wildman–Crippen MR) is 100 cm³/mol. The number of ether oxygens (including phenoxy) is 1. The molecular weight excluding hydrogens is 336 g/mol. The molecule has 1 unspecified atom stereocenters. The van der Waals surface area contributed by atoms with Gasteiger partial charge in [0.05, 0.1) is 5.56 Å². The molecule has 142 valence electrons. The van der Waals surface area contributed by atoms with Crippen LogP contribution < -0.4 is 0 Å². The van der Waals surface area contributed by atoms with E-state index < -0.39 is 21.1 Å². The standard InChI is InChI=1S/C19H32O5Si/c1-5-14-21-25(16-7-3,22-15-6-2)24-18(8-4)23-19(20)17-12-10-9-11-13-17/h9-13,18H,5-8,14-16H2,1-4H3. The Labute approximate surface area is 153 Å². The molecule has 0 saturated heterocycles. The summed E-state index contributed by atoms with van der Waals surface area (Å²) in [5.41, 5.74) is 0.510. The summed E-state index contributed by atoms with van der Waals surface area (Å²) in [7, 11) is -2.87. The van der Waals surface area contributed by atoms with Gasteiger partial charge in [-0.1, -0.05) is 52.3 Å². The third-order valence-electron chi connectivity index (χ3n) is 3.50. The van der Waals surface area contributed by atoms with Crippen molar-refractivity contribution >= 4 is 14.8 Å². The number of hydrogen-bond acceptors (Lipinski definition) is 5. The van der Waals surface area contributed by atoms with Crippen molar-refractivity contribution in [3.8, 4) is 0 Å². The van der Waals surface area contributed by atoms with Crippen LogP contribution in [0.5, 0.6) is 0 Å².